The van der Waals surface area contributed by atoms with Crippen molar-refractivity contribution < 1.29 is 5.11 Å². The molecule has 0 spiro atoms. The maximum absolute atomic E-state index is 11.4. The predicted octanol–water partition coefficient (Wildman–Crippen LogP) is 1.08. The molecule has 2 N–H and O–H groups in total. The highest BCUT2D eigenvalue weighted by molar-refractivity contribution is 5.27. The van der Waals surface area contributed by atoms with E-state index in [2.05, 4.69) is 5.10 Å². The number of H-pyrrole nitrogens is 1. The zero-order chi connectivity index (χ0) is 9.42. The van der Waals surface area contributed by atoms with Gasteiger partial charge in [-0.2, -0.15) is 0 Å². The maximum atomic E-state index is 11.4. The number of hydrogen-bond acceptors (Lipinski definition) is 2. The highest BCUT2D eigenvalue weighted by Crippen LogP contribution is 2.35. The van der Waals surface area contributed by atoms with Crippen molar-refractivity contribution in [2.24, 2.45) is 7.05 Å². The number of aromatic amines is 1. The van der Waals surface area contributed by atoms with Gasteiger partial charge in [-0.05, 0) is 18.8 Å². The normalized spacial score (nSPS) is 18.2. The van der Waals surface area contributed by atoms with Gasteiger partial charge in [0.2, 0.25) is 5.88 Å². The molecule has 2 rings (SSSR count). The van der Waals surface area contributed by atoms with Crippen molar-refractivity contribution >= 4 is 0 Å². The largest absolute Gasteiger partial charge is 0.493 e. The van der Waals surface area contributed by atoms with E-state index in [0.29, 0.717) is 5.56 Å². The number of aryl methyl sites for hydroxylation is 1. The Kier molecular flexibility index (Phi) is 1.90. The Morgan fingerprint density at radius 1 is 1.46 bits per heavy atom. The molecule has 0 aliphatic heterocycles. The van der Waals surface area contributed by atoms with Gasteiger partial charge in [0.05, 0.1) is 5.56 Å². The summed E-state index contributed by atoms with van der Waals surface area (Å²) in [6, 6.07) is 0. The zero-order valence-electron chi connectivity index (χ0n) is 7.71. The van der Waals surface area contributed by atoms with E-state index in [1.165, 1.54) is 17.5 Å². The molecule has 0 unspecified atom stereocenters. The second kappa shape index (κ2) is 2.94. The van der Waals surface area contributed by atoms with E-state index >= 15 is 0 Å². The summed E-state index contributed by atoms with van der Waals surface area (Å²) in [5.41, 5.74) is 0.451. The summed E-state index contributed by atoms with van der Waals surface area (Å²) in [4.78, 5) is 11.4. The monoisotopic (exact) mass is 182 g/mol. The Bertz CT molecular complexity index is 358. The van der Waals surface area contributed by atoms with Gasteiger partial charge in [0.15, 0.2) is 0 Å². The lowest BCUT2D eigenvalue weighted by Crippen LogP contribution is -2.09. The van der Waals surface area contributed by atoms with Gasteiger partial charge in [-0.1, -0.05) is 12.8 Å². The number of aromatic nitrogens is 2. The lowest BCUT2D eigenvalue weighted by Gasteiger charge is -2.04. The molecular weight excluding hydrogens is 168 g/mol. The number of rotatable bonds is 1. The second-order valence-corrected chi connectivity index (χ2v) is 3.72. The van der Waals surface area contributed by atoms with Crippen molar-refractivity contribution in [1.82, 2.24) is 9.78 Å². The quantitative estimate of drug-likeness (QED) is 0.682. The van der Waals surface area contributed by atoms with E-state index in [4.69, 9.17) is 0 Å². The zero-order valence-corrected chi connectivity index (χ0v) is 7.71. The van der Waals surface area contributed by atoms with Crippen LogP contribution in [0.5, 0.6) is 5.88 Å². The fraction of sp³-hybridized carbons (Fsp3) is 0.667. The number of nitrogens with zero attached hydrogens (tertiary/aromatic N) is 1. The summed E-state index contributed by atoms with van der Waals surface area (Å²) in [5, 5.41) is 12.2. The van der Waals surface area contributed by atoms with E-state index in [0.717, 1.165) is 12.8 Å². The SMILES string of the molecule is Cn1[nH]c(=O)c(C2CCCC2)c1O. The molecule has 1 heterocycles. The molecular formula is C9H14N2O2. The average molecular weight is 182 g/mol. The van der Waals surface area contributed by atoms with Crippen molar-refractivity contribution in [2.45, 2.75) is 31.6 Å². The van der Waals surface area contributed by atoms with Gasteiger partial charge in [-0.25, -0.2) is 0 Å². The van der Waals surface area contributed by atoms with Gasteiger partial charge in [0.1, 0.15) is 0 Å². The first-order valence-electron chi connectivity index (χ1n) is 4.68. The standard InChI is InChI=1S/C9H14N2O2/c1-11-9(13)7(8(12)10-11)6-4-2-3-5-6/h6,13H,2-5H2,1H3,(H,10,12). The van der Waals surface area contributed by atoms with E-state index in [1.807, 2.05) is 0 Å². The first-order valence-corrected chi connectivity index (χ1v) is 4.68. The lowest BCUT2D eigenvalue weighted by atomic mass is 10.0. The molecule has 1 saturated carbocycles. The molecule has 1 aliphatic rings. The minimum absolute atomic E-state index is 0.108. The van der Waals surface area contributed by atoms with Gasteiger partial charge in [0, 0.05) is 7.05 Å². The Hall–Kier alpha value is -1.19. The van der Waals surface area contributed by atoms with Crippen LogP contribution in [0, 0.1) is 0 Å². The van der Waals surface area contributed by atoms with Gasteiger partial charge in [-0.3, -0.25) is 14.6 Å². The van der Waals surface area contributed by atoms with Crippen LogP contribution in [0.1, 0.15) is 37.2 Å². The van der Waals surface area contributed by atoms with Crippen molar-refractivity contribution in [3.05, 3.63) is 15.9 Å². The second-order valence-electron chi connectivity index (χ2n) is 3.72. The Balaban J connectivity index is 2.43. The van der Waals surface area contributed by atoms with E-state index in [-0.39, 0.29) is 17.4 Å². The summed E-state index contributed by atoms with van der Waals surface area (Å²) in [6.45, 7) is 0. The van der Waals surface area contributed by atoms with Crippen molar-refractivity contribution in [3.63, 3.8) is 0 Å². The molecule has 0 aromatic carbocycles. The molecule has 0 bridgehead atoms. The van der Waals surface area contributed by atoms with Crippen LogP contribution < -0.4 is 5.56 Å². The summed E-state index contributed by atoms with van der Waals surface area (Å²) < 4.78 is 1.38. The minimum Gasteiger partial charge on any atom is -0.493 e. The topological polar surface area (TPSA) is 58.0 Å². The Labute approximate surface area is 76.2 Å². The summed E-state index contributed by atoms with van der Waals surface area (Å²) in [7, 11) is 1.65. The molecule has 1 aliphatic carbocycles. The third kappa shape index (κ3) is 1.26. The highest BCUT2D eigenvalue weighted by atomic mass is 16.3. The summed E-state index contributed by atoms with van der Waals surface area (Å²) in [5.74, 6) is 0.377. The fourth-order valence-corrected chi connectivity index (χ4v) is 2.13. The molecule has 1 fully saturated rings. The van der Waals surface area contributed by atoms with Crippen LogP contribution in [0.4, 0.5) is 0 Å². The van der Waals surface area contributed by atoms with Crippen LogP contribution >= 0.6 is 0 Å². The molecule has 0 atom stereocenters. The number of aromatic hydroxyl groups is 1. The van der Waals surface area contributed by atoms with Gasteiger partial charge < -0.3 is 5.11 Å². The van der Waals surface area contributed by atoms with Crippen molar-refractivity contribution in [2.75, 3.05) is 0 Å². The highest BCUT2D eigenvalue weighted by Gasteiger charge is 2.25. The van der Waals surface area contributed by atoms with Crippen LogP contribution in [0.15, 0.2) is 4.79 Å². The lowest BCUT2D eigenvalue weighted by molar-refractivity contribution is 0.409. The molecule has 0 amide bonds. The van der Waals surface area contributed by atoms with Crippen LogP contribution in [0.25, 0.3) is 0 Å². The molecule has 1 aromatic rings. The predicted molar refractivity (Wildman–Crippen MR) is 48.9 cm³/mol. The molecule has 4 heteroatoms. The fourth-order valence-electron chi connectivity index (χ4n) is 2.13. The van der Waals surface area contributed by atoms with E-state index in [1.54, 1.807) is 7.05 Å². The third-order valence-electron chi connectivity index (χ3n) is 2.84. The Morgan fingerprint density at radius 2 is 2.08 bits per heavy atom. The van der Waals surface area contributed by atoms with Crippen LogP contribution in [-0.4, -0.2) is 14.9 Å². The molecule has 72 valence electrons. The maximum Gasteiger partial charge on any atom is 0.271 e. The first-order chi connectivity index (χ1) is 6.20. The summed E-state index contributed by atoms with van der Waals surface area (Å²) in [6.07, 6.45) is 4.39. The first kappa shape index (κ1) is 8.41. The van der Waals surface area contributed by atoms with E-state index < -0.39 is 0 Å². The van der Waals surface area contributed by atoms with Gasteiger partial charge in [0.25, 0.3) is 5.56 Å². The molecule has 0 radical (unpaired) electrons. The smallest absolute Gasteiger partial charge is 0.271 e. The number of nitrogens with one attached hydrogen (secondary N) is 1. The average Bonchev–Trinajstić information content (AvgIpc) is 2.63. The molecule has 1 aromatic heterocycles. The van der Waals surface area contributed by atoms with Gasteiger partial charge >= 0.3 is 0 Å². The van der Waals surface area contributed by atoms with Crippen LogP contribution in [0.3, 0.4) is 0 Å². The van der Waals surface area contributed by atoms with E-state index in [9.17, 15) is 9.90 Å². The third-order valence-corrected chi connectivity index (χ3v) is 2.84. The molecule has 13 heavy (non-hydrogen) atoms. The van der Waals surface area contributed by atoms with Crippen molar-refractivity contribution in [3.8, 4) is 5.88 Å². The number of hydrogen-bond donors (Lipinski definition) is 2. The van der Waals surface area contributed by atoms with Crippen LogP contribution in [0.2, 0.25) is 0 Å². The summed E-state index contributed by atoms with van der Waals surface area (Å²) >= 11 is 0. The minimum atomic E-state index is -0.132. The molecule has 4 nitrogen and oxygen atoms in total. The van der Waals surface area contributed by atoms with Crippen molar-refractivity contribution in [1.29, 1.82) is 0 Å². The van der Waals surface area contributed by atoms with Gasteiger partial charge in [-0.15, -0.1) is 0 Å². The Morgan fingerprint density at radius 3 is 2.54 bits per heavy atom. The van der Waals surface area contributed by atoms with Crippen LogP contribution in [-0.2, 0) is 7.05 Å². The molecule has 0 saturated heterocycles.